The van der Waals surface area contributed by atoms with Crippen molar-refractivity contribution >= 4 is 23.4 Å². The number of nitriles is 1. The van der Waals surface area contributed by atoms with Crippen molar-refractivity contribution < 1.29 is 28.6 Å². The molecule has 1 fully saturated rings. The minimum atomic E-state index is -0.345. The number of nitrogens with zero attached hydrogens (tertiary/aromatic N) is 6. The summed E-state index contributed by atoms with van der Waals surface area (Å²) in [6, 6.07) is 33.1. The molecule has 0 radical (unpaired) electrons. The quantitative estimate of drug-likeness (QED) is 0.131. The van der Waals surface area contributed by atoms with Gasteiger partial charge in [0.25, 0.3) is 11.8 Å². The molecule has 0 unspecified atom stereocenters. The molecule has 3 aliphatic heterocycles. The largest absolute Gasteiger partial charge is 0.492 e. The maximum atomic E-state index is 15.4. The number of aromatic nitrogens is 2. The third kappa shape index (κ3) is 9.41. The highest BCUT2D eigenvalue weighted by Gasteiger charge is 2.34. The van der Waals surface area contributed by atoms with Gasteiger partial charge in [-0.15, -0.1) is 0 Å². The van der Waals surface area contributed by atoms with Crippen LogP contribution in [-0.2, 0) is 48.9 Å². The summed E-state index contributed by atoms with van der Waals surface area (Å²) in [5.41, 5.74) is 9.80. The van der Waals surface area contributed by atoms with Gasteiger partial charge in [0.15, 0.2) is 0 Å². The Balaban J connectivity index is 1.08. The molecule has 5 heterocycles. The van der Waals surface area contributed by atoms with Crippen molar-refractivity contribution in [3.8, 4) is 40.1 Å². The molecule has 13 heteroatoms. The van der Waals surface area contributed by atoms with E-state index in [1.165, 1.54) is 12.7 Å². The molecule has 9 rings (SSSR count). The number of pyridine rings is 1. The van der Waals surface area contributed by atoms with E-state index in [-0.39, 0.29) is 41.6 Å². The lowest BCUT2D eigenvalue weighted by Crippen LogP contribution is -2.43. The van der Waals surface area contributed by atoms with Gasteiger partial charge < -0.3 is 33.9 Å². The van der Waals surface area contributed by atoms with E-state index in [0.717, 1.165) is 60.9 Å². The van der Waals surface area contributed by atoms with Gasteiger partial charge in [0.1, 0.15) is 24.0 Å². The first-order valence-corrected chi connectivity index (χ1v) is 22.9. The molecule has 3 amide bonds. The number of amides is 3. The highest BCUT2D eigenvalue weighted by Crippen LogP contribution is 2.43. The number of methoxy groups -OCH3 is 1. The lowest BCUT2D eigenvalue weighted by molar-refractivity contribution is -0.131. The Hall–Kier alpha value is -7.27. The third-order valence-corrected chi connectivity index (χ3v) is 13.4. The fourth-order valence-electron chi connectivity index (χ4n) is 9.63. The Labute approximate surface area is 391 Å². The summed E-state index contributed by atoms with van der Waals surface area (Å²) in [4.78, 5) is 54.6. The van der Waals surface area contributed by atoms with Crippen molar-refractivity contribution in [2.45, 2.75) is 52.2 Å². The van der Waals surface area contributed by atoms with Gasteiger partial charge in [-0.2, -0.15) is 5.26 Å². The van der Waals surface area contributed by atoms with Gasteiger partial charge in [-0.05, 0) is 97.0 Å². The highest BCUT2D eigenvalue weighted by molar-refractivity contribution is 6.13. The van der Waals surface area contributed by atoms with Gasteiger partial charge in [0.05, 0.1) is 38.0 Å². The van der Waals surface area contributed by atoms with Gasteiger partial charge in [-0.25, -0.2) is 4.98 Å². The van der Waals surface area contributed by atoms with Crippen LogP contribution in [0.5, 0.6) is 11.6 Å². The van der Waals surface area contributed by atoms with Crippen molar-refractivity contribution in [3.63, 3.8) is 0 Å². The van der Waals surface area contributed by atoms with E-state index in [2.05, 4.69) is 46.4 Å². The van der Waals surface area contributed by atoms with Gasteiger partial charge in [-0.1, -0.05) is 54.6 Å². The molecular weight excluding hydrogens is 843 g/mol. The number of ether oxygens (including phenoxy) is 3. The van der Waals surface area contributed by atoms with Crippen LogP contribution in [0, 0.1) is 18.3 Å². The smallest absolute Gasteiger partial charge is 0.258 e. The molecule has 0 bridgehead atoms. The average molecular weight is 898 g/mol. The zero-order chi connectivity index (χ0) is 46.6. The van der Waals surface area contributed by atoms with Crippen LogP contribution in [-0.4, -0.2) is 101 Å². The van der Waals surface area contributed by atoms with Crippen LogP contribution >= 0.6 is 0 Å². The first-order valence-electron chi connectivity index (χ1n) is 22.9. The minimum Gasteiger partial charge on any atom is -0.492 e. The van der Waals surface area contributed by atoms with Crippen LogP contribution in [0.4, 0.5) is 5.69 Å². The van der Waals surface area contributed by atoms with E-state index in [9.17, 15) is 14.9 Å². The average Bonchev–Trinajstić information content (AvgIpc) is 3.62. The number of rotatable bonds is 12. The number of morpholine rings is 1. The van der Waals surface area contributed by atoms with Crippen LogP contribution in [0.1, 0.15) is 66.7 Å². The van der Waals surface area contributed by atoms with E-state index < -0.39 is 0 Å². The predicted molar refractivity (Wildman–Crippen MR) is 256 cm³/mol. The summed E-state index contributed by atoms with van der Waals surface area (Å²) in [5, 5.41) is 13.3. The van der Waals surface area contributed by atoms with Crippen LogP contribution in [0.15, 0.2) is 103 Å². The van der Waals surface area contributed by atoms with Crippen molar-refractivity contribution in [1.29, 1.82) is 5.26 Å². The molecule has 67 heavy (non-hydrogen) atoms. The first kappa shape index (κ1) is 44.9. The third-order valence-electron chi connectivity index (χ3n) is 13.4. The van der Waals surface area contributed by atoms with Crippen molar-refractivity contribution in [2.75, 3.05) is 58.4 Å². The molecular formula is C54H55N7O6. The SMILES string of the molecule is COc1ncc(-c2c(C(=O)Nc3ccccc3)c(C)n(C)c2-c2cc3c(cc2C(=O)N2Cc4ccccc4C[C@H]2C)CN(C(=O)Cc2ccc(OCCN4CCOCC4)cc2)CC3)cc1C#N. The molecule has 0 spiro atoms. The zero-order valence-electron chi connectivity index (χ0n) is 38.5. The molecule has 13 nitrogen and oxygen atoms in total. The van der Waals surface area contributed by atoms with Gasteiger partial charge in [0, 0.05) is 92.2 Å². The van der Waals surface area contributed by atoms with E-state index >= 15 is 4.79 Å². The van der Waals surface area contributed by atoms with Gasteiger partial charge in [-0.3, -0.25) is 19.3 Å². The fraction of sp³-hybridized carbons (Fsp3) is 0.315. The van der Waals surface area contributed by atoms with E-state index in [1.807, 2.05) is 101 Å². The first-order chi connectivity index (χ1) is 32.6. The van der Waals surface area contributed by atoms with Gasteiger partial charge in [0.2, 0.25) is 11.8 Å². The van der Waals surface area contributed by atoms with E-state index in [4.69, 9.17) is 14.2 Å². The topological polar surface area (TPSA) is 142 Å². The van der Waals surface area contributed by atoms with Crippen LogP contribution < -0.4 is 14.8 Å². The molecule has 1 atom stereocenters. The number of hydrogen-bond donors (Lipinski definition) is 1. The number of para-hydroxylation sites is 1. The molecule has 6 aromatic rings. The lowest BCUT2D eigenvalue weighted by atomic mass is 9.87. The highest BCUT2D eigenvalue weighted by atomic mass is 16.5. The molecule has 1 N–H and O–H groups in total. The molecule has 2 aromatic heterocycles. The van der Waals surface area contributed by atoms with Crippen LogP contribution in [0.25, 0.3) is 22.4 Å². The standard InChI is InChI=1S/C54H55N7O6/c1-35-26-38-10-8-9-11-40(38)34-61(35)54(64)47-30-43-33-60(48(62)27-37-14-16-45(17-15-37)67-25-22-59-20-23-66-24-21-59)19-18-39(43)29-46(47)51-50(42-28-41(31-55)53(65-4)56-32-42)49(36(2)58(51)3)52(63)57-44-12-6-5-7-13-44/h5-17,28-30,32,35H,18-27,33-34H2,1-4H3,(H,57,63)/t35-/m1/s1. The molecule has 4 aromatic carbocycles. The second kappa shape index (κ2) is 19.7. The molecule has 0 saturated carbocycles. The summed E-state index contributed by atoms with van der Waals surface area (Å²) < 4.78 is 18.9. The van der Waals surface area contributed by atoms with Crippen molar-refractivity contribution in [1.82, 2.24) is 24.3 Å². The zero-order valence-corrected chi connectivity index (χ0v) is 38.5. The number of fused-ring (bicyclic) bond motifs is 2. The number of nitrogens with one attached hydrogen (secondary N) is 1. The molecule has 0 aliphatic carbocycles. The summed E-state index contributed by atoms with van der Waals surface area (Å²) >= 11 is 0. The van der Waals surface area contributed by atoms with E-state index in [0.29, 0.717) is 84.0 Å². The molecule has 342 valence electrons. The van der Waals surface area contributed by atoms with Crippen LogP contribution in [0.3, 0.4) is 0 Å². The lowest BCUT2D eigenvalue weighted by Gasteiger charge is -2.36. The minimum absolute atomic E-state index is 0.000401. The fourth-order valence-corrected chi connectivity index (χ4v) is 9.63. The monoisotopic (exact) mass is 897 g/mol. The number of hydrogen-bond acceptors (Lipinski definition) is 9. The van der Waals surface area contributed by atoms with Gasteiger partial charge >= 0.3 is 0 Å². The Morgan fingerprint density at radius 1 is 0.896 bits per heavy atom. The number of carbonyl (C=O) groups excluding carboxylic acids is 3. The predicted octanol–water partition coefficient (Wildman–Crippen LogP) is 7.62. The van der Waals surface area contributed by atoms with E-state index in [1.54, 1.807) is 12.3 Å². The second-order valence-corrected chi connectivity index (χ2v) is 17.6. The van der Waals surface area contributed by atoms with Crippen LogP contribution in [0.2, 0.25) is 0 Å². The molecule has 3 aliphatic rings. The Kier molecular flexibility index (Phi) is 13.2. The number of benzene rings is 4. The Morgan fingerprint density at radius 3 is 2.39 bits per heavy atom. The maximum Gasteiger partial charge on any atom is 0.258 e. The number of anilines is 1. The second-order valence-electron chi connectivity index (χ2n) is 17.6. The summed E-state index contributed by atoms with van der Waals surface area (Å²) in [6.45, 7) is 9.98. The summed E-state index contributed by atoms with van der Waals surface area (Å²) in [6.07, 6.45) is 3.11. The normalized spacial score (nSPS) is 15.8. The molecule has 1 saturated heterocycles. The summed E-state index contributed by atoms with van der Waals surface area (Å²) in [5.74, 6) is 0.438. The van der Waals surface area contributed by atoms with Crippen molar-refractivity contribution in [3.05, 3.63) is 153 Å². The Morgan fingerprint density at radius 2 is 1.64 bits per heavy atom. The Bertz CT molecular complexity index is 2860. The summed E-state index contributed by atoms with van der Waals surface area (Å²) in [7, 11) is 3.36. The number of carbonyl (C=O) groups is 3. The van der Waals surface area contributed by atoms with Crippen molar-refractivity contribution in [2.24, 2.45) is 7.05 Å². The maximum absolute atomic E-state index is 15.4.